The molecule has 0 spiro atoms. The van der Waals surface area contributed by atoms with Crippen LogP contribution in [0.1, 0.15) is 17.2 Å². The zero-order valence-electron chi connectivity index (χ0n) is 11.7. The summed E-state index contributed by atoms with van der Waals surface area (Å²) in [6.45, 7) is 1.57. The molecule has 2 rings (SSSR count). The molecule has 9 heteroatoms. The van der Waals surface area contributed by atoms with E-state index in [1.54, 1.807) is 14.0 Å². The van der Waals surface area contributed by atoms with Crippen molar-refractivity contribution in [2.24, 2.45) is 7.05 Å². The summed E-state index contributed by atoms with van der Waals surface area (Å²) in [5, 5.41) is 3.99. The predicted octanol–water partition coefficient (Wildman–Crippen LogP) is 3.36. The van der Waals surface area contributed by atoms with E-state index in [0.717, 1.165) is 6.07 Å². The summed E-state index contributed by atoms with van der Waals surface area (Å²) in [5.74, 6) is -4.14. The minimum absolute atomic E-state index is 0.119. The third-order valence-corrected chi connectivity index (χ3v) is 2.95. The second kappa shape index (κ2) is 5.54. The molecule has 120 valence electrons. The van der Waals surface area contributed by atoms with Crippen molar-refractivity contribution in [2.45, 2.75) is 25.6 Å². The lowest BCUT2D eigenvalue weighted by Gasteiger charge is -2.20. The molecule has 0 atom stereocenters. The van der Waals surface area contributed by atoms with Gasteiger partial charge in [0.2, 0.25) is 0 Å². The Hall–Kier alpha value is -2.19. The Morgan fingerprint density at radius 3 is 2.41 bits per heavy atom. The van der Waals surface area contributed by atoms with E-state index in [9.17, 15) is 22.0 Å². The Labute approximate surface area is 122 Å². The zero-order chi connectivity index (χ0) is 16.5. The lowest BCUT2D eigenvalue weighted by Crippen LogP contribution is -2.33. The molecule has 2 aromatic rings. The van der Waals surface area contributed by atoms with Crippen LogP contribution in [0, 0.1) is 6.92 Å². The van der Waals surface area contributed by atoms with E-state index in [4.69, 9.17) is 4.74 Å². The molecule has 0 saturated heterocycles. The van der Waals surface area contributed by atoms with Gasteiger partial charge in [-0.05, 0) is 19.1 Å². The highest BCUT2D eigenvalue weighted by molar-refractivity contribution is 5.32. The van der Waals surface area contributed by atoms with E-state index in [2.05, 4.69) is 10.1 Å². The van der Waals surface area contributed by atoms with Gasteiger partial charge in [0.1, 0.15) is 18.2 Å². The standard InChI is InChI=1S/C13H12F5N3O/c1-8-19-11(20-21(8)2)7-22-10-5-3-4-9(6-10)12(14,15)13(16,17)18/h3-6H,7H2,1-2H3. The fraction of sp³-hybridized carbons (Fsp3) is 0.385. The molecular formula is C13H12F5N3O. The molecule has 0 aliphatic carbocycles. The van der Waals surface area contributed by atoms with Gasteiger partial charge in [-0.1, -0.05) is 12.1 Å². The Bertz CT molecular complexity index is 646. The van der Waals surface area contributed by atoms with Crippen LogP contribution in [0.3, 0.4) is 0 Å². The predicted molar refractivity (Wildman–Crippen MR) is 66.5 cm³/mol. The van der Waals surface area contributed by atoms with Crippen LogP contribution in [0.25, 0.3) is 0 Å². The number of ether oxygens (including phenoxy) is 1. The van der Waals surface area contributed by atoms with E-state index in [0.29, 0.717) is 23.8 Å². The van der Waals surface area contributed by atoms with Gasteiger partial charge < -0.3 is 4.74 Å². The topological polar surface area (TPSA) is 39.9 Å². The third-order valence-electron chi connectivity index (χ3n) is 2.95. The molecule has 0 aliphatic heterocycles. The molecule has 0 radical (unpaired) electrons. The Morgan fingerprint density at radius 1 is 1.18 bits per heavy atom. The Balaban J connectivity index is 2.15. The summed E-state index contributed by atoms with van der Waals surface area (Å²) >= 11 is 0. The Kier molecular flexibility index (Phi) is 4.08. The molecule has 0 aliphatic rings. The maximum atomic E-state index is 13.3. The summed E-state index contributed by atoms with van der Waals surface area (Å²) < 4.78 is 70.2. The Morgan fingerprint density at radius 2 is 1.86 bits per heavy atom. The van der Waals surface area contributed by atoms with Gasteiger partial charge in [-0.15, -0.1) is 0 Å². The van der Waals surface area contributed by atoms with Crippen molar-refractivity contribution in [3.63, 3.8) is 0 Å². The number of halogens is 5. The van der Waals surface area contributed by atoms with Crippen LogP contribution in [0.15, 0.2) is 24.3 Å². The minimum atomic E-state index is -5.66. The lowest BCUT2D eigenvalue weighted by molar-refractivity contribution is -0.289. The first kappa shape index (κ1) is 16.2. The minimum Gasteiger partial charge on any atom is -0.486 e. The molecule has 0 amide bonds. The molecule has 0 fully saturated rings. The van der Waals surface area contributed by atoms with E-state index in [1.807, 2.05) is 0 Å². The quantitative estimate of drug-likeness (QED) is 0.811. The molecule has 1 aromatic heterocycles. The molecule has 4 nitrogen and oxygen atoms in total. The second-order valence-corrected chi connectivity index (χ2v) is 4.59. The first-order valence-electron chi connectivity index (χ1n) is 6.15. The molecule has 0 unspecified atom stereocenters. The van der Waals surface area contributed by atoms with Gasteiger partial charge >= 0.3 is 12.1 Å². The number of hydrogen-bond donors (Lipinski definition) is 0. The fourth-order valence-corrected chi connectivity index (χ4v) is 1.68. The smallest absolute Gasteiger partial charge is 0.458 e. The first-order valence-corrected chi connectivity index (χ1v) is 6.15. The lowest BCUT2D eigenvalue weighted by atomic mass is 10.1. The van der Waals surface area contributed by atoms with Crippen LogP contribution >= 0.6 is 0 Å². The average Bonchev–Trinajstić information content (AvgIpc) is 2.75. The molecular weight excluding hydrogens is 309 g/mol. The van der Waals surface area contributed by atoms with Crippen LogP contribution in [0.2, 0.25) is 0 Å². The number of benzene rings is 1. The third kappa shape index (κ3) is 3.18. The molecule has 1 heterocycles. The van der Waals surface area contributed by atoms with Crippen molar-refractivity contribution in [2.75, 3.05) is 0 Å². The molecule has 0 N–H and O–H groups in total. The maximum Gasteiger partial charge on any atom is 0.458 e. The molecule has 22 heavy (non-hydrogen) atoms. The molecule has 0 bridgehead atoms. The van der Waals surface area contributed by atoms with Crippen LogP contribution in [-0.4, -0.2) is 20.9 Å². The number of aryl methyl sites for hydroxylation is 2. The maximum absolute atomic E-state index is 13.3. The van der Waals surface area contributed by atoms with Crippen molar-refractivity contribution < 1.29 is 26.7 Å². The molecule has 1 aromatic carbocycles. The number of aromatic nitrogens is 3. The summed E-state index contributed by atoms with van der Waals surface area (Å²) in [6, 6.07) is 3.71. The van der Waals surface area contributed by atoms with Gasteiger partial charge in [0.25, 0.3) is 0 Å². The highest BCUT2D eigenvalue weighted by atomic mass is 19.4. The zero-order valence-corrected chi connectivity index (χ0v) is 11.7. The van der Waals surface area contributed by atoms with Gasteiger partial charge in [-0.2, -0.15) is 27.1 Å². The number of hydrogen-bond acceptors (Lipinski definition) is 3. The average molecular weight is 321 g/mol. The monoisotopic (exact) mass is 321 g/mol. The van der Waals surface area contributed by atoms with E-state index >= 15 is 0 Å². The highest BCUT2D eigenvalue weighted by Gasteiger charge is 2.58. The summed E-state index contributed by atoms with van der Waals surface area (Å²) in [4.78, 5) is 4.03. The van der Waals surface area contributed by atoms with Crippen LogP contribution in [-0.2, 0) is 19.6 Å². The normalized spacial score (nSPS) is 12.5. The van der Waals surface area contributed by atoms with Crippen LogP contribution in [0.4, 0.5) is 22.0 Å². The SMILES string of the molecule is Cc1nc(COc2cccc(C(F)(F)C(F)(F)F)c2)nn1C. The number of alkyl halides is 5. The fourth-order valence-electron chi connectivity index (χ4n) is 1.68. The van der Waals surface area contributed by atoms with Crippen molar-refractivity contribution in [1.29, 1.82) is 0 Å². The van der Waals surface area contributed by atoms with Gasteiger partial charge in [-0.25, -0.2) is 4.98 Å². The second-order valence-electron chi connectivity index (χ2n) is 4.59. The van der Waals surface area contributed by atoms with Crippen molar-refractivity contribution in [3.8, 4) is 5.75 Å². The van der Waals surface area contributed by atoms with Gasteiger partial charge in [-0.3, -0.25) is 4.68 Å². The largest absolute Gasteiger partial charge is 0.486 e. The van der Waals surface area contributed by atoms with Gasteiger partial charge in [0.15, 0.2) is 5.82 Å². The van der Waals surface area contributed by atoms with Crippen molar-refractivity contribution in [1.82, 2.24) is 14.8 Å². The van der Waals surface area contributed by atoms with E-state index < -0.39 is 17.7 Å². The highest BCUT2D eigenvalue weighted by Crippen LogP contribution is 2.44. The van der Waals surface area contributed by atoms with Crippen molar-refractivity contribution >= 4 is 0 Å². The van der Waals surface area contributed by atoms with Crippen LogP contribution < -0.4 is 4.74 Å². The summed E-state index contributed by atoms with van der Waals surface area (Å²) in [7, 11) is 1.66. The van der Waals surface area contributed by atoms with E-state index in [-0.39, 0.29) is 12.4 Å². The summed E-state index contributed by atoms with van der Waals surface area (Å²) in [6.07, 6.45) is -5.66. The number of rotatable bonds is 4. The van der Waals surface area contributed by atoms with E-state index in [1.165, 1.54) is 10.7 Å². The van der Waals surface area contributed by atoms with Crippen LogP contribution in [0.5, 0.6) is 5.75 Å². The van der Waals surface area contributed by atoms with Gasteiger partial charge in [0.05, 0.1) is 0 Å². The number of nitrogens with zero attached hydrogens (tertiary/aromatic N) is 3. The first-order chi connectivity index (χ1) is 10.1. The van der Waals surface area contributed by atoms with Gasteiger partial charge in [0, 0.05) is 12.6 Å². The summed E-state index contributed by atoms with van der Waals surface area (Å²) in [5.41, 5.74) is -1.18. The molecule has 0 saturated carbocycles. The van der Waals surface area contributed by atoms with Crippen molar-refractivity contribution in [3.05, 3.63) is 41.5 Å².